The van der Waals surface area contributed by atoms with Crippen molar-refractivity contribution in [1.82, 2.24) is 0 Å². The summed E-state index contributed by atoms with van der Waals surface area (Å²) in [5.74, 6) is -0.683. The topological polar surface area (TPSA) is 87.0 Å². The number of benzene rings is 1. The standard InChI is InChI=1S/C14H19BO5/c1-20-11-5-4-9-7-10(3-2-6-15(18)19)13(14(16)17)12(9)8-11/h4-5,8,10,13,18-19H,2-3,6-7H2,1H3,(H,16,17). The molecule has 1 aromatic rings. The van der Waals surface area contributed by atoms with Crippen LogP contribution in [0.1, 0.15) is 29.9 Å². The van der Waals surface area contributed by atoms with Crippen molar-refractivity contribution in [2.45, 2.75) is 31.5 Å². The molecular formula is C14H19BO5. The number of hydrogen-bond donors (Lipinski definition) is 3. The highest BCUT2D eigenvalue weighted by molar-refractivity contribution is 6.40. The normalized spacial score (nSPS) is 20.6. The quantitative estimate of drug-likeness (QED) is 0.682. The van der Waals surface area contributed by atoms with Gasteiger partial charge in [-0.1, -0.05) is 12.5 Å². The van der Waals surface area contributed by atoms with Crippen molar-refractivity contribution in [2.75, 3.05) is 7.11 Å². The Morgan fingerprint density at radius 2 is 2.20 bits per heavy atom. The van der Waals surface area contributed by atoms with Gasteiger partial charge in [-0.15, -0.1) is 0 Å². The summed E-state index contributed by atoms with van der Waals surface area (Å²) in [4.78, 5) is 11.5. The van der Waals surface area contributed by atoms with E-state index in [9.17, 15) is 9.90 Å². The molecule has 1 aliphatic carbocycles. The third-order valence-corrected chi connectivity index (χ3v) is 3.94. The van der Waals surface area contributed by atoms with Gasteiger partial charge in [0, 0.05) is 0 Å². The molecular weight excluding hydrogens is 259 g/mol. The third kappa shape index (κ3) is 3.14. The summed E-state index contributed by atoms with van der Waals surface area (Å²) in [7, 11) is 0.245. The number of carbonyl (C=O) groups is 1. The second kappa shape index (κ2) is 6.28. The maximum atomic E-state index is 11.5. The minimum atomic E-state index is -1.32. The molecule has 3 N–H and O–H groups in total. The van der Waals surface area contributed by atoms with E-state index in [1.165, 1.54) is 0 Å². The second-order valence-electron chi connectivity index (χ2n) is 5.26. The Labute approximate surface area is 118 Å². The van der Waals surface area contributed by atoms with Gasteiger partial charge in [-0.2, -0.15) is 0 Å². The van der Waals surface area contributed by atoms with Crippen LogP contribution < -0.4 is 4.74 Å². The lowest BCUT2D eigenvalue weighted by Crippen LogP contribution is -2.18. The van der Waals surface area contributed by atoms with Gasteiger partial charge < -0.3 is 19.9 Å². The van der Waals surface area contributed by atoms with Crippen LogP contribution in [0.5, 0.6) is 5.75 Å². The first-order valence-corrected chi connectivity index (χ1v) is 6.78. The fourth-order valence-corrected chi connectivity index (χ4v) is 3.00. The SMILES string of the molecule is COc1ccc2c(c1)C(C(=O)O)C(CCCB(O)O)C2. The van der Waals surface area contributed by atoms with Gasteiger partial charge in [-0.05, 0) is 48.3 Å². The maximum Gasteiger partial charge on any atom is 0.451 e. The van der Waals surface area contributed by atoms with Crippen LogP contribution in [0.15, 0.2) is 18.2 Å². The highest BCUT2D eigenvalue weighted by Crippen LogP contribution is 2.42. The van der Waals surface area contributed by atoms with Crippen molar-refractivity contribution >= 4 is 13.1 Å². The lowest BCUT2D eigenvalue weighted by atomic mass is 9.80. The molecule has 5 nitrogen and oxygen atoms in total. The molecule has 0 saturated heterocycles. The molecule has 0 heterocycles. The minimum Gasteiger partial charge on any atom is -0.497 e. The van der Waals surface area contributed by atoms with E-state index in [0.29, 0.717) is 18.6 Å². The van der Waals surface area contributed by atoms with Crippen LogP contribution in [0.3, 0.4) is 0 Å². The van der Waals surface area contributed by atoms with Gasteiger partial charge in [0.2, 0.25) is 0 Å². The summed E-state index contributed by atoms with van der Waals surface area (Å²) in [5.41, 5.74) is 1.87. The van der Waals surface area contributed by atoms with E-state index in [2.05, 4.69) is 0 Å². The molecule has 2 atom stereocenters. The Balaban J connectivity index is 2.14. The van der Waals surface area contributed by atoms with E-state index in [1.54, 1.807) is 13.2 Å². The highest BCUT2D eigenvalue weighted by Gasteiger charge is 2.37. The first kappa shape index (κ1) is 14.9. The predicted molar refractivity (Wildman–Crippen MR) is 74.8 cm³/mol. The zero-order chi connectivity index (χ0) is 14.7. The maximum absolute atomic E-state index is 11.5. The van der Waals surface area contributed by atoms with Gasteiger partial charge in [-0.3, -0.25) is 4.79 Å². The molecule has 2 rings (SSSR count). The van der Waals surface area contributed by atoms with Crippen LogP contribution in [-0.4, -0.2) is 35.4 Å². The number of carboxylic acids is 1. The smallest absolute Gasteiger partial charge is 0.451 e. The fraction of sp³-hybridized carbons (Fsp3) is 0.500. The molecule has 0 fully saturated rings. The van der Waals surface area contributed by atoms with Crippen molar-refractivity contribution in [3.05, 3.63) is 29.3 Å². The van der Waals surface area contributed by atoms with Crippen LogP contribution >= 0.6 is 0 Å². The molecule has 0 aliphatic heterocycles. The molecule has 20 heavy (non-hydrogen) atoms. The number of ether oxygens (including phenoxy) is 1. The van der Waals surface area contributed by atoms with E-state index >= 15 is 0 Å². The molecule has 0 bridgehead atoms. The summed E-state index contributed by atoms with van der Waals surface area (Å²) < 4.78 is 5.16. The van der Waals surface area contributed by atoms with Gasteiger partial charge in [0.1, 0.15) is 5.75 Å². The average molecular weight is 278 g/mol. The molecule has 0 aromatic heterocycles. The van der Waals surface area contributed by atoms with Gasteiger partial charge in [0.05, 0.1) is 13.0 Å². The number of rotatable bonds is 6. The third-order valence-electron chi connectivity index (χ3n) is 3.94. The summed E-state index contributed by atoms with van der Waals surface area (Å²) in [6.45, 7) is 0. The predicted octanol–water partition coefficient (Wildman–Crippen LogP) is 1.29. The highest BCUT2D eigenvalue weighted by atomic mass is 16.5. The van der Waals surface area contributed by atoms with E-state index in [-0.39, 0.29) is 12.2 Å². The number of aliphatic carboxylic acids is 1. The van der Waals surface area contributed by atoms with Crippen LogP contribution in [0.25, 0.3) is 0 Å². The monoisotopic (exact) mass is 278 g/mol. The Kier molecular flexibility index (Phi) is 4.67. The van der Waals surface area contributed by atoms with Crippen LogP contribution in [-0.2, 0) is 11.2 Å². The van der Waals surface area contributed by atoms with Gasteiger partial charge >= 0.3 is 13.1 Å². The largest absolute Gasteiger partial charge is 0.497 e. The molecule has 6 heteroatoms. The summed E-state index contributed by atoms with van der Waals surface area (Å²) in [6.07, 6.45) is 2.28. The number of methoxy groups -OCH3 is 1. The Morgan fingerprint density at radius 3 is 2.80 bits per heavy atom. The van der Waals surface area contributed by atoms with Crippen molar-refractivity contribution in [2.24, 2.45) is 5.92 Å². The van der Waals surface area contributed by atoms with Crippen molar-refractivity contribution < 1.29 is 24.7 Å². The van der Waals surface area contributed by atoms with Gasteiger partial charge in [0.15, 0.2) is 0 Å². The second-order valence-corrected chi connectivity index (χ2v) is 5.26. The molecule has 1 aromatic carbocycles. The van der Waals surface area contributed by atoms with Crippen molar-refractivity contribution in [3.63, 3.8) is 0 Å². The Bertz CT molecular complexity index is 488. The summed E-state index contributed by atoms with van der Waals surface area (Å²) in [6, 6.07) is 5.57. The summed E-state index contributed by atoms with van der Waals surface area (Å²) >= 11 is 0. The lowest BCUT2D eigenvalue weighted by molar-refractivity contribution is -0.139. The molecule has 0 saturated carbocycles. The Hall–Kier alpha value is -1.53. The average Bonchev–Trinajstić information content (AvgIpc) is 2.75. The Morgan fingerprint density at radius 1 is 1.45 bits per heavy atom. The molecule has 1 aliphatic rings. The first-order chi connectivity index (χ1) is 9.52. The summed E-state index contributed by atoms with van der Waals surface area (Å²) in [5, 5.41) is 27.2. The van der Waals surface area contributed by atoms with Crippen LogP contribution in [0.2, 0.25) is 6.32 Å². The van der Waals surface area contributed by atoms with Gasteiger partial charge in [-0.25, -0.2) is 0 Å². The van der Waals surface area contributed by atoms with Gasteiger partial charge in [0.25, 0.3) is 0 Å². The molecule has 108 valence electrons. The molecule has 0 amide bonds. The molecule has 2 unspecified atom stereocenters. The number of carboxylic acid groups (broad SMARTS) is 1. The molecule has 0 radical (unpaired) electrons. The van der Waals surface area contributed by atoms with Crippen molar-refractivity contribution in [1.29, 1.82) is 0 Å². The zero-order valence-corrected chi connectivity index (χ0v) is 11.5. The number of fused-ring (bicyclic) bond motifs is 1. The van der Waals surface area contributed by atoms with Crippen molar-refractivity contribution in [3.8, 4) is 5.75 Å². The van der Waals surface area contributed by atoms with E-state index in [4.69, 9.17) is 14.8 Å². The molecule has 0 spiro atoms. The van der Waals surface area contributed by atoms with E-state index in [1.807, 2.05) is 12.1 Å². The fourth-order valence-electron chi connectivity index (χ4n) is 3.00. The number of hydrogen-bond acceptors (Lipinski definition) is 4. The van der Waals surface area contributed by atoms with Crippen LogP contribution in [0, 0.1) is 5.92 Å². The van der Waals surface area contributed by atoms with Crippen LogP contribution in [0.4, 0.5) is 0 Å². The zero-order valence-electron chi connectivity index (χ0n) is 11.5. The van der Waals surface area contributed by atoms with E-state index < -0.39 is 19.0 Å². The lowest BCUT2D eigenvalue weighted by Gasteiger charge is -2.16. The first-order valence-electron chi connectivity index (χ1n) is 6.78. The minimum absolute atomic E-state index is 0.00774. The van der Waals surface area contributed by atoms with E-state index in [0.717, 1.165) is 17.5 Å².